The molecule has 0 saturated carbocycles. The molecule has 172 valence electrons. The summed E-state index contributed by atoms with van der Waals surface area (Å²) in [7, 11) is 0. The van der Waals surface area contributed by atoms with Gasteiger partial charge in [0.2, 0.25) is 11.6 Å². The van der Waals surface area contributed by atoms with Crippen LogP contribution in [0.1, 0.15) is 24.2 Å². The van der Waals surface area contributed by atoms with Crippen molar-refractivity contribution < 1.29 is 14.5 Å². The Bertz CT molecular complexity index is 1330. The molecule has 0 saturated heterocycles. The molecule has 0 atom stereocenters. The first-order valence-corrected chi connectivity index (χ1v) is 10.7. The number of nitro groups is 1. The standard InChI is InChI=1S/C25H23N5O4/c1-16(2)14-34-25(31)18-10-12-19(13-11-18)28-23-22(30(32)33)24(27-15-26-23)29-21-9-5-7-17-6-3-4-8-20(17)21/h3-13,15-16H,14H2,1-2H3,(H2,26,27,28,29). The number of fused-ring (bicyclic) bond motifs is 1. The van der Waals surface area contributed by atoms with E-state index < -0.39 is 10.9 Å². The Labute approximate surface area is 196 Å². The van der Waals surface area contributed by atoms with Crippen LogP contribution < -0.4 is 10.6 Å². The summed E-state index contributed by atoms with van der Waals surface area (Å²) in [6.07, 6.45) is 1.25. The molecule has 0 spiro atoms. The molecule has 0 unspecified atom stereocenters. The van der Waals surface area contributed by atoms with E-state index in [1.165, 1.54) is 6.33 Å². The maximum atomic E-state index is 12.1. The molecule has 0 aliphatic heterocycles. The molecule has 9 heteroatoms. The molecule has 4 rings (SSSR count). The van der Waals surface area contributed by atoms with E-state index in [9.17, 15) is 14.9 Å². The number of rotatable bonds is 8. The second-order valence-corrected chi connectivity index (χ2v) is 8.02. The highest BCUT2D eigenvalue weighted by Gasteiger charge is 2.24. The van der Waals surface area contributed by atoms with Crippen molar-refractivity contribution in [3.8, 4) is 0 Å². The van der Waals surface area contributed by atoms with Crippen LogP contribution in [-0.2, 0) is 4.74 Å². The summed E-state index contributed by atoms with van der Waals surface area (Å²) in [5.74, 6) is -0.0969. The number of anilines is 4. The molecule has 0 aliphatic carbocycles. The lowest BCUT2D eigenvalue weighted by Crippen LogP contribution is -2.10. The number of esters is 1. The average Bonchev–Trinajstić information content (AvgIpc) is 2.83. The van der Waals surface area contributed by atoms with Crippen LogP contribution in [0.15, 0.2) is 73.1 Å². The summed E-state index contributed by atoms with van der Waals surface area (Å²) in [6.45, 7) is 4.25. The van der Waals surface area contributed by atoms with Gasteiger partial charge in [0.05, 0.1) is 17.1 Å². The highest BCUT2D eigenvalue weighted by Crippen LogP contribution is 2.34. The van der Waals surface area contributed by atoms with Crippen molar-refractivity contribution in [2.45, 2.75) is 13.8 Å². The maximum absolute atomic E-state index is 12.1. The minimum absolute atomic E-state index is 0.0258. The van der Waals surface area contributed by atoms with E-state index in [1.807, 2.05) is 56.3 Å². The highest BCUT2D eigenvalue weighted by molar-refractivity contribution is 5.96. The monoisotopic (exact) mass is 457 g/mol. The van der Waals surface area contributed by atoms with Crippen LogP contribution in [0.4, 0.5) is 28.7 Å². The first-order chi connectivity index (χ1) is 16.4. The van der Waals surface area contributed by atoms with E-state index in [-0.39, 0.29) is 23.2 Å². The summed E-state index contributed by atoms with van der Waals surface area (Å²) in [6, 6.07) is 19.8. The van der Waals surface area contributed by atoms with Gasteiger partial charge in [-0.1, -0.05) is 50.2 Å². The zero-order chi connectivity index (χ0) is 24.1. The van der Waals surface area contributed by atoms with Crippen molar-refractivity contribution in [2.24, 2.45) is 5.92 Å². The number of benzene rings is 3. The van der Waals surface area contributed by atoms with Gasteiger partial charge in [-0.15, -0.1) is 0 Å². The number of nitrogens with one attached hydrogen (secondary N) is 2. The Hall–Kier alpha value is -4.53. The molecule has 0 amide bonds. The average molecular weight is 457 g/mol. The van der Waals surface area contributed by atoms with E-state index in [1.54, 1.807) is 24.3 Å². The Kier molecular flexibility index (Phi) is 6.63. The fraction of sp³-hybridized carbons (Fsp3) is 0.160. The molecule has 4 aromatic rings. The van der Waals surface area contributed by atoms with Gasteiger partial charge < -0.3 is 15.4 Å². The van der Waals surface area contributed by atoms with Crippen LogP contribution in [0.2, 0.25) is 0 Å². The number of aromatic nitrogens is 2. The molecule has 9 nitrogen and oxygen atoms in total. The summed E-state index contributed by atoms with van der Waals surface area (Å²) in [4.78, 5) is 31.7. The number of carbonyl (C=O) groups excluding carboxylic acids is 1. The van der Waals surface area contributed by atoms with Crippen LogP contribution in [0.5, 0.6) is 0 Å². The third kappa shape index (κ3) is 5.09. The number of ether oxygens (including phenoxy) is 1. The molecule has 0 bridgehead atoms. The van der Waals surface area contributed by atoms with Crippen molar-refractivity contribution >= 4 is 45.4 Å². The molecule has 34 heavy (non-hydrogen) atoms. The third-order valence-corrected chi connectivity index (χ3v) is 4.98. The van der Waals surface area contributed by atoms with E-state index in [4.69, 9.17) is 4.74 Å². The number of nitrogens with zero attached hydrogens (tertiary/aromatic N) is 3. The van der Waals surface area contributed by atoms with Gasteiger partial charge in [-0.2, -0.15) is 0 Å². The van der Waals surface area contributed by atoms with Crippen LogP contribution in [0.25, 0.3) is 10.8 Å². The van der Waals surface area contributed by atoms with E-state index in [2.05, 4.69) is 20.6 Å². The van der Waals surface area contributed by atoms with Crippen molar-refractivity contribution in [3.63, 3.8) is 0 Å². The zero-order valence-electron chi connectivity index (χ0n) is 18.7. The summed E-state index contributed by atoms with van der Waals surface area (Å²) in [5, 5.41) is 19.9. The lowest BCUT2D eigenvalue weighted by atomic mass is 10.1. The van der Waals surface area contributed by atoms with Crippen molar-refractivity contribution in [1.82, 2.24) is 9.97 Å². The fourth-order valence-corrected chi connectivity index (χ4v) is 3.35. The molecule has 1 aromatic heterocycles. The third-order valence-electron chi connectivity index (χ3n) is 4.98. The lowest BCUT2D eigenvalue weighted by molar-refractivity contribution is -0.383. The number of hydrogen-bond acceptors (Lipinski definition) is 8. The minimum Gasteiger partial charge on any atom is -0.462 e. The number of carbonyl (C=O) groups is 1. The van der Waals surface area contributed by atoms with Gasteiger partial charge >= 0.3 is 11.7 Å². The van der Waals surface area contributed by atoms with Crippen LogP contribution >= 0.6 is 0 Å². The summed E-state index contributed by atoms with van der Waals surface area (Å²) in [5.41, 5.74) is 1.31. The van der Waals surface area contributed by atoms with Crippen LogP contribution in [0, 0.1) is 16.0 Å². The minimum atomic E-state index is -0.534. The molecular weight excluding hydrogens is 434 g/mol. The quantitative estimate of drug-likeness (QED) is 0.192. The summed E-state index contributed by atoms with van der Waals surface area (Å²) >= 11 is 0. The SMILES string of the molecule is CC(C)COC(=O)c1ccc(Nc2ncnc(Nc3cccc4ccccc34)c2[N+](=O)[O-])cc1. The molecule has 1 heterocycles. The van der Waals surface area contributed by atoms with Crippen molar-refractivity contribution in [2.75, 3.05) is 17.2 Å². The zero-order valence-corrected chi connectivity index (χ0v) is 18.7. The van der Waals surface area contributed by atoms with Gasteiger partial charge in [0.25, 0.3) is 0 Å². The van der Waals surface area contributed by atoms with E-state index in [0.29, 0.717) is 23.5 Å². The van der Waals surface area contributed by atoms with E-state index >= 15 is 0 Å². The maximum Gasteiger partial charge on any atom is 0.353 e. The molecule has 3 aromatic carbocycles. The number of hydrogen-bond donors (Lipinski definition) is 2. The highest BCUT2D eigenvalue weighted by atomic mass is 16.6. The van der Waals surface area contributed by atoms with Gasteiger partial charge in [0.1, 0.15) is 6.33 Å². The van der Waals surface area contributed by atoms with Crippen molar-refractivity contribution in [3.05, 3.63) is 88.7 Å². The Morgan fingerprint density at radius 2 is 1.65 bits per heavy atom. The van der Waals surface area contributed by atoms with Crippen LogP contribution in [0.3, 0.4) is 0 Å². The Balaban J connectivity index is 1.59. The summed E-state index contributed by atoms with van der Waals surface area (Å²) < 4.78 is 5.22. The second kappa shape index (κ2) is 9.95. The molecular formula is C25H23N5O4. The fourth-order valence-electron chi connectivity index (χ4n) is 3.35. The second-order valence-electron chi connectivity index (χ2n) is 8.02. The van der Waals surface area contributed by atoms with Gasteiger partial charge in [-0.3, -0.25) is 10.1 Å². The normalized spacial score (nSPS) is 10.8. The predicted molar refractivity (Wildman–Crippen MR) is 131 cm³/mol. The first kappa shape index (κ1) is 22.7. The topological polar surface area (TPSA) is 119 Å². The Morgan fingerprint density at radius 3 is 2.35 bits per heavy atom. The van der Waals surface area contributed by atoms with Gasteiger partial charge in [-0.05, 0) is 41.6 Å². The predicted octanol–water partition coefficient (Wildman–Crippen LogP) is 5.84. The van der Waals surface area contributed by atoms with Gasteiger partial charge in [-0.25, -0.2) is 14.8 Å². The van der Waals surface area contributed by atoms with Gasteiger partial charge in [0.15, 0.2) is 0 Å². The van der Waals surface area contributed by atoms with Crippen LogP contribution in [-0.4, -0.2) is 27.5 Å². The van der Waals surface area contributed by atoms with Gasteiger partial charge in [0, 0.05) is 16.8 Å². The van der Waals surface area contributed by atoms with E-state index in [0.717, 1.165) is 10.8 Å². The van der Waals surface area contributed by atoms with Crippen molar-refractivity contribution in [1.29, 1.82) is 0 Å². The molecule has 0 aliphatic rings. The molecule has 0 fully saturated rings. The lowest BCUT2D eigenvalue weighted by Gasteiger charge is -2.12. The first-order valence-electron chi connectivity index (χ1n) is 10.7. The smallest absolute Gasteiger partial charge is 0.353 e. The molecule has 0 radical (unpaired) electrons. The Morgan fingerprint density at radius 1 is 0.971 bits per heavy atom. The molecule has 2 N–H and O–H groups in total. The largest absolute Gasteiger partial charge is 0.462 e.